The van der Waals surface area contributed by atoms with E-state index >= 15 is 0 Å². The van der Waals surface area contributed by atoms with Gasteiger partial charge >= 0.3 is 6.18 Å². The van der Waals surface area contributed by atoms with E-state index in [0.717, 1.165) is 4.47 Å². The number of methoxy groups -OCH3 is 1. The predicted molar refractivity (Wildman–Crippen MR) is 56.4 cm³/mol. The van der Waals surface area contributed by atoms with Crippen molar-refractivity contribution in [3.63, 3.8) is 0 Å². The molecule has 0 atom stereocenters. The fourth-order valence-electron chi connectivity index (χ4n) is 1.14. The maximum Gasteiger partial charge on any atom is 0.411 e. The molecule has 16 heavy (non-hydrogen) atoms. The Labute approximate surface area is 99.5 Å². The number of ether oxygens (including phenoxy) is 2. The number of alkyl halides is 3. The van der Waals surface area contributed by atoms with Gasteiger partial charge in [0, 0.05) is 10.0 Å². The topological polar surface area (TPSA) is 18.5 Å². The monoisotopic (exact) mass is 298 g/mol. The van der Waals surface area contributed by atoms with Crippen LogP contribution in [0.2, 0.25) is 0 Å². The van der Waals surface area contributed by atoms with Gasteiger partial charge in [0.25, 0.3) is 0 Å². The van der Waals surface area contributed by atoms with Gasteiger partial charge in [0.2, 0.25) is 0 Å². The van der Waals surface area contributed by atoms with Crippen LogP contribution in [0, 0.1) is 0 Å². The van der Waals surface area contributed by atoms with E-state index in [4.69, 9.17) is 4.74 Å². The van der Waals surface area contributed by atoms with Crippen LogP contribution in [-0.4, -0.2) is 19.9 Å². The first-order valence-corrected chi connectivity index (χ1v) is 5.18. The molecular weight excluding hydrogens is 289 g/mol. The number of rotatable bonds is 4. The Hall–Kier alpha value is -0.750. The third-order valence-electron chi connectivity index (χ3n) is 1.77. The molecular formula is C10H10BrF3O2. The Kier molecular flexibility index (Phi) is 4.61. The van der Waals surface area contributed by atoms with E-state index in [-0.39, 0.29) is 6.61 Å². The van der Waals surface area contributed by atoms with Gasteiger partial charge in [-0.05, 0) is 18.2 Å². The Morgan fingerprint density at radius 2 is 2.00 bits per heavy atom. The molecule has 0 aliphatic carbocycles. The molecule has 1 rings (SSSR count). The first kappa shape index (κ1) is 13.3. The highest BCUT2D eigenvalue weighted by Crippen LogP contribution is 2.24. The van der Waals surface area contributed by atoms with Gasteiger partial charge in [-0.25, -0.2) is 0 Å². The van der Waals surface area contributed by atoms with Crippen LogP contribution < -0.4 is 4.74 Å². The van der Waals surface area contributed by atoms with Crippen molar-refractivity contribution >= 4 is 15.9 Å². The van der Waals surface area contributed by atoms with E-state index in [1.54, 1.807) is 18.2 Å². The van der Waals surface area contributed by atoms with Gasteiger partial charge in [0.15, 0.2) is 0 Å². The highest BCUT2D eigenvalue weighted by atomic mass is 79.9. The molecule has 0 aliphatic heterocycles. The zero-order chi connectivity index (χ0) is 12.2. The molecule has 0 spiro atoms. The molecule has 0 aromatic heterocycles. The molecule has 0 amide bonds. The summed E-state index contributed by atoms with van der Waals surface area (Å²) in [4.78, 5) is 0. The second-order valence-corrected chi connectivity index (χ2v) is 3.98. The molecule has 0 saturated heterocycles. The second kappa shape index (κ2) is 5.54. The molecule has 0 unspecified atom stereocenters. The van der Waals surface area contributed by atoms with Crippen LogP contribution in [0.3, 0.4) is 0 Å². The van der Waals surface area contributed by atoms with Crippen LogP contribution in [0.25, 0.3) is 0 Å². The van der Waals surface area contributed by atoms with Crippen LogP contribution in [0.15, 0.2) is 22.7 Å². The summed E-state index contributed by atoms with van der Waals surface area (Å²) in [5.41, 5.74) is 0.570. The maximum atomic E-state index is 11.9. The van der Waals surface area contributed by atoms with Gasteiger partial charge in [-0.2, -0.15) is 13.2 Å². The molecule has 2 nitrogen and oxygen atoms in total. The molecule has 0 heterocycles. The van der Waals surface area contributed by atoms with E-state index in [1.807, 2.05) is 0 Å². The summed E-state index contributed by atoms with van der Waals surface area (Å²) in [7, 11) is 1.45. The Morgan fingerprint density at radius 3 is 2.56 bits per heavy atom. The van der Waals surface area contributed by atoms with E-state index in [2.05, 4.69) is 20.7 Å². The molecule has 6 heteroatoms. The molecule has 90 valence electrons. The molecule has 0 radical (unpaired) electrons. The minimum atomic E-state index is -4.31. The van der Waals surface area contributed by atoms with E-state index in [9.17, 15) is 13.2 Å². The number of halogens is 4. The third-order valence-corrected chi connectivity index (χ3v) is 2.26. The SMILES string of the molecule is COc1ccc(Br)cc1COCC(F)(F)F. The van der Waals surface area contributed by atoms with E-state index in [0.29, 0.717) is 11.3 Å². The van der Waals surface area contributed by atoms with Crippen molar-refractivity contribution in [1.82, 2.24) is 0 Å². The van der Waals surface area contributed by atoms with Crippen molar-refractivity contribution in [2.24, 2.45) is 0 Å². The van der Waals surface area contributed by atoms with Gasteiger partial charge in [-0.3, -0.25) is 0 Å². The van der Waals surface area contributed by atoms with Gasteiger partial charge in [-0.15, -0.1) is 0 Å². The lowest BCUT2D eigenvalue weighted by molar-refractivity contribution is -0.176. The minimum absolute atomic E-state index is 0.137. The average Bonchev–Trinajstić information content (AvgIpc) is 2.16. The first-order chi connectivity index (χ1) is 7.42. The first-order valence-electron chi connectivity index (χ1n) is 4.39. The predicted octanol–water partition coefficient (Wildman–Crippen LogP) is 3.54. The van der Waals surface area contributed by atoms with Crippen LogP contribution >= 0.6 is 15.9 Å². The standard InChI is InChI=1S/C10H10BrF3O2/c1-15-9-3-2-8(11)4-7(9)5-16-6-10(12,13)14/h2-4H,5-6H2,1H3. The van der Waals surface area contributed by atoms with Crippen molar-refractivity contribution in [3.05, 3.63) is 28.2 Å². The van der Waals surface area contributed by atoms with Crippen LogP contribution in [-0.2, 0) is 11.3 Å². The number of hydrogen-bond donors (Lipinski definition) is 0. The Morgan fingerprint density at radius 1 is 1.31 bits per heavy atom. The van der Waals surface area contributed by atoms with E-state index < -0.39 is 12.8 Å². The molecule has 0 saturated carbocycles. The highest BCUT2D eigenvalue weighted by molar-refractivity contribution is 9.10. The molecule has 1 aromatic rings. The lowest BCUT2D eigenvalue weighted by atomic mass is 10.2. The molecule has 1 aromatic carbocycles. The summed E-state index contributed by atoms with van der Waals surface area (Å²) >= 11 is 3.22. The van der Waals surface area contributed by atoms with Gasteiger partial charge in [0.05, 0.1) is 13.7 Å². The smallest absolute Gasteiger partial charge is 0.411 e. The van der Waals surface area contributed by atoms with Crippen LogP contribution in [0.1, 0.15) is 5.56 Å². The van der Waals surface area contributed by atoms with Gasteiger partial charge in [0.1, 0.15) is 12.4 Å². The van der Waals surface area contributed by atoms with Crippen molar-refractivity contribution in [2.45, 2.75) is 12.8 Å². The zero-order valence-corrected chi connectivity index (χ0v) is 10.1. The molecule has 0 aliphatic rings. The van der Waals surface area contributed by atoms with Gasteiger partial charge in [-0.1, -0.05) is 15.9 Å². The summed E-state index contributed by atoms with van der Waals surface area (Å²) in [5, 5.41) is 0. The number of hydrogen-bond acceptors (Lipinski definition) is 2. The normalized spacial score (nSPS) is 11.6. The number of benzene rings is 1. The summed E-state index contributed by atoms with van der Waals surface area (Å²) in [5.74, 6) is 0.505. The van der Waals surface area contributed by atoms with Crippen LogP contribution in [0.4, 0.5) is 13.2 Å². The minimum Gasteiger partial charge on any atom is -0.496 e. The lowest BCUT2D eigenvalue weighted by Gasteiger charge is -2.11. The fourth-order valence-corrected chi connectivity index (χ4v) is 1.55. The fraction of sp³-hybridized carbons (Fsp3) is 0.400. The summed E-state index contributed by atoms with van der Waals surface area (Å²) in [6.07, 6.45) is -4.31. The van der Waals surface area contributed by atoms with Gasteiger partial charge < -0.3 is 9.47 Å². The molecule has 0 N–H and O–H groups in total. The van der Waals surface area contributed by atoms with Crippen LogP contribution in [0.5, 0.6) is 5.75 Å². The summed E-state index contributed by atoms with van der Waals surface area (Å²) in [6.45, 7) is -1.40. The van der Waals surface area contributed by atoms with Crippen molar-refractivity contribution in [3.8, 4) is 5.75 Å². The van der Waals surface area contributed by atoms with E-state index in [1.165, 1.54) is 7.11 Å². The maximum absolute atomic E-state index is 11.9. The molecule has 0 fully saturated rings. The summed E-state index contributed by atoms with van der Waals surface area (Å²) in [6, 6.07) is 5.07. The lowest BCUT2D eigenvalue weighted by Crippen LogP contribution is -2.16. The van der Waals surface area contributed by atoms with Crippen molar-refractivity contribution in [1.29, 1.82) is 0 Å². The Balaban J connectivity index is 2.62. The van der Waals surface area contributed by atoms with Crippen molar-refractivity contribution in [2.75, 3.05) is 13.7 Å². The zero-order valence-electron chi connectivity index (χ0n) is 8.47. The largest absolute Gasteiger partial charge is 0.496 e. The second-order valence-electron chi connectivity index (χ2n) is 3.06. The molecule has 0 bridgehead atoms. The third kappa shape index (κ3) is 4.40. The van der Waals surface area contributed by atoms with Crippen molar-refractivity contribution < 1.29 is 22.6 Å². The average molecular weight is 299 g/mol. The quantitative estimate of drug-likeness (QED) is 0.846. The summed E-state index contributed by atoms with van der Waals surface area (Å²) < 4.78 is 45.9. The Bertz CT molecular complexity index is 352. The highest BCUT2D eigenvalue weighted by Gasteiger charge is 2.27.